The normalized spacial score (nSPS) is 12.5. The van der Waals surface area contributed by atoms with Crippen LogP contribution in [0.3, 0.4) is 0 Å². The van der Waals surface area contributed by atoms with Gasteiger partial charge in [0.1, 0.15) is 5.75 Å². The zero-order valence-corrected chi connectivity index (χ0v) is 18.8. The highest BCUT2D eigenvalue weighted by atomic mass is 16.5. The van der Waals surface area contributed by atoms with Gasteiger partial charge >= 0.3 is 11.9 Å². The first-order valence-electron chi connectivity index (χ1n) is 10.7. The summed E-state index contributed by atoms with van der Waals surface area (Å²) < 4.78 is 10.5. The number of aliphatic carboxylic acids is 1. The maximum atomic E-state index is 12.2. The highest BCUT2D eigenvalue weighted by Crippen LogP contribution is 2.29. The van der Waals surface area contributed by atoms with Crippen molar-refractivity contribution in [1.29, 1.82) is 0 Å². The summed E-state index contributed by atoms with van der Waals surface area (Å²) in [6.07, 6.45) is 0.562. The number of hydrogen-bond acceptors (Lipinski definition) is 5. The predicted molar refractivity (Wildman–Crippen MR) is 121 cm³/mol. The molecule has 2 atom stereocenters. The molecule has 0 aliphatic heterocycles. The Balaban J connectivity index is 2.13. The fourth-order valence-corrected chi connectivity index (χ4v) is 3.51. The van der Waals surface area contributed by atoms with Gasteiger partial charge in [-0.15, -0.1) is 0 Å². The molecule has 7 nitrogen and oxygen atoms in total. The second kappa shape index (κ2) is 12.5. The van der Waals surface area contributed by atoms with E-state index < -0.39 is 11.9 Å². The molecule has 2 unspecified atom stereocenters. The van der Waals surface area contributed by atoms with E-state index in [2.05, 4.69) is 5.32 Å². The number of amides is 1. The molecular weight excluding hydrogens is 410 g/mol. The third kappa shape index (κ3) is 7.72. The lowest BCUT2D eigenvalue weighted by Crippen LogP contribution is -2.39. The van der Waals surface area contributed by atoms with Gasteiger partial charge in [-0.05, 0) is 37.0 Å². The zero-order valence-electron chi connectivity index (χ0n) is 18.8. The van der Waals surface area contributed by atoms with Crippen LogP contribution >= 0.6 is 0 Å². The van der Waals surface area contributed by atoms with Crippen LogP contribution in [-0.2, 0) is 25.5 Å². The van der Waals surface area contributed by atoms with Gasteiger partial charge in [0.05, 0.1) is 26.1 Å². The first-order chi connectivity index (χ1) is 15.3. The van der Waals surface area contributed by atoms with E-state index in [-0.39, 0.29) is 30.8 Å². The van der Waals surface area contributed by atoms with E-state index in [0.29, 0.717) is 19.4 Å². The van der Waals surface area contributed by atoms with Crippen molar-refractivity contribution in [1.82, 2.24) is 5.32 Å². The summed E-state index contributed by atoms with van der Waals surface area (Å²) in [6.45, 7) is 3.81. The predicted octanol–water partition coefficient (Wildman–Crippen LogP) is 3.84. The average molecular weight is 442 g/mol. The molecule has 0 heterocycles. The van der Waals surface area contributed by atoms with Crippen LogP contribution < -0.4 is 10.1 Å². The van der Waals surface area contributed by atoms with Crippen LogP contribution in [0.1, 0.15) is 38.7 Å². The molecule has 32 heavy (non-hydrogen) atoms. The Hall–Kier alpha value is -3.35. The van der Waals surface area contributed by atoms with E-state index in [0.717, 1.165) is 22.4 Å². The van der Waals surface area contributed by atoms with Crippen LogP contribution in [0.5, 0.6) is 5.75 Å². The average Bonchev–Trinajstić information content (AvgIpc) is 2.78. The number of carboxylic acid groups (broad SMARTS) is 1. The van der Waals surface area contributed by atoms with Gasteiger partial charge in [0.2, 0.25) is 5.91 Å². The molecule has 2 rings (SSSR count). The Morgan fingerprint density at radius 1 is 1.03 bits per heavy atom. The lowest BCUT2D eigenvalue weighted by Gasteiger charge is -2.22. The molecule has 0 radical (unpaired) electrons. The zero-order chi connectivity index (χ0) is 23.5. The molecule has 0 saturated carbocycles. The number of carbonyl (C=O) groups excluding carboxylic acids is 2. The molecule has 7 heteroatoms. The molecule has 0 fully saturated rings. The summed E-state index contributed by atoms with van der Waals surface area (Å²) in [5.74, 6) is -1.30. The lowest BCUT2D eigenvalue weighted by molar-refractivity contribution is -0.148. The number of carbonyl (C=O) groups is 3. The molecule has 0 aliphatic rings. The van der Waals surface area contributed by atoms with Gasteiger partial charge in [0, 0.05) is 18.0 Å². The van der Waals surface area contributed by atoms with Gasteiger partial charge in [0.25, 0.3) is 0 Å². The number of hydrogen-bond donors (Lipinski definition) is 2. The van der Waals surface area contributed by atoms with Crippen molar-refractivity contribution in [2.45, 2.75) is 45.6 Å². The maximum absolute atomic E-state index is 12.2. The largest absolute Gasteiger partial charge is 0.496 e. The molecule has 1 amide bonds. The highest BCUT2D eigenvalue weighted by molar-refractivity contribution is 5.81. The number of carboxylic acids is 1. The topological polar surface area (TPSA) is 102 Å². The summed E-state index contributed by atoms with van der Waals surface area (Å²) in [6, 6.07) is 15.4. The van der Waals surface area contributed by atoms with Crippen molar-refractivity contribution in [3.8, 4) is 16.9 Å². The molecule has 0 saturated heterocycles. The summed E-state index contributed by atoms with van der Waals surface area (Å²) in [4.78, 5) is 35.1. The van der Waals surface area contributed by atoms with Gasteiger partial charge in [-0.25, -0.2) is 0 Å². The van der Waals surface area contributed by atoms with Gasteiger partial charge in [0.15, 0.2) is 0 Å². The third-order valence-electron chi connectivity index (χ3n) is 5.11. The molecular formula is C25H31NO6. The summed E-state index contributed by atoms with van der Waals surface area (Å²) >= 11 is 0. The number of rotatable bonds is 12. The van der Waals surface area contributed by atoms with E-state index in [1.807, 2.05) is 48.5 Å². The molecule has 0 bridgehead atoms. The van der Waals surface area contributed by atoms with Crippen molar-refractivity contribution >= 4 is 17.8 Å². The number of methoxy groups -OCH3 is 1. The van der Waals surface area contributed by atoms with Crippen LogP contribution in [0.4, 0.5) is 0 Å². The fourth-order valence-electron chi connectivity index (χ4n) is 3.51. The Labute approximate surface area is 188 Å². The summed E-state index contributed by atoms with van der Waals surface area (Å²) in [7, 11) is 1.63. The quantitative estimate of drug-likeness (QED) is 0.485. The Morgan fingerprint density at radius 2 is 1.72 bits per heavy atom. The maximum Gasteiger partial charge on any atom is 0.308 e. The third-order valence-corrected chi connectivity index (χ3v) is 5.11. The standard InChI is InChI=1S/C25H31NO6/c1-4-32-25(30)17(2)15-20(26-23(27)13-14-24(28)29)16-18-9-11-19(12-10-18)21-7-5-6-8-22(21)31-3/h5-12,17,20H,4,13-16H2,1-3H3,(H,26,27)(H,28,29). The molecule has 0 spiro atoms. The van der Waals surface area contributed by atoms with Gasteiger partial charge in [-0.3, -0.25) is 14.4 Å². The highest BCUT2D eigenvalue weighted by Gasteiger charge is 2.22. The Bertz CT molecular complexity index is 909. The molecule has 0 aliphatic carbocycles. The van der Waals surface area contributed by atoms with Crippen molar-refractivity contribution in [3.05, 3.63) is 54.1 Å². The van der Waals surface area contributed by atoms with Crippen LogP contribution in [0.15, 0.2) is 48.5 Å². The Morgan fingerprint density at radius 3 is 2.34 bits per heavy atom. The molecule has 172 valence electrons. The van der Waals surface area contributed by atoms with E-state index in [4.69, 9.17) is 14.6 Å². The van der Waals surface area contributed by atoms with Crippen molar-refractivity contribution < 1.29 is 29.0 Å². The van der Waals surface area contributed by atoms with Gasteiger partial charge in [-0.2, -0.15) is 0 Å². The van der Waals surface area contributed by atoms with E-state index >= 15 is 0 Å². The van der Waals surface area contributed by atoms with Crippen molar-refractivity contribution in [2.75, 3.05) is 13.7 Å². The van der Waals surface area contributed by atoms with Crippen molar-refractivity contribution in [2.24, 2.45) is 5.92 Å². The number of esters is 1. The van der Waals surface area contributed by atoms with E-state index in [9.17, 15) is 14.4 Å². The van der Waals surface area contributed by atoms with Crippen LogP contribution in [-0.4, -0.2) is 42.7 Å². The first-order valence-corrected chi connectivity index (χ1v) is 10.7. The summed E-state index contributed by atoms with van der Waals surface area (Å²) in [5, 5.41) is 11.7. The number of ether oxygens (including phenoxy) is 2. The van der Waals surface area contributed by atoms with Crippen LogP contribution in [0.2, 0.25) is 0 Å². The van der Waals surface area contributed by atoms with Gasteiger partial charge < -0.3 is 19.9 Å². The second-order valence-corrected chi connectivity index (χ2v) is 7.65. The van der Waals surface area contributed by atoms with E-state index in [1.165, 1.54) is 0 Å². The molecule has 0 aromatic heterocycles. The smallest absolute Gasteiger partial charge is 0.308 e. The van der Waals surface area contributed by atoms with Crippen LogP contribution in [0.25, 0.3) is 11.1 Å². The molecule has 2 aromatic carbocycles. The minimum Gasteiger partial charge on any atom is -0.496 e. The van der Waals surface area contributed by atoms with Crippen molar-refractivity contribution in [3.63, 3.8) is 0 Å². The number of benzene rings is 2. The second-order valence-electron chi connectivity index (χ2n) is 7.65. The van der Waals surface area contributed by atoms with E-state index in [1.54, 1.807) is 21.0 Å². The number of nitrogens with one attached hydrogen (secondary N) is 1. The van der Waals surface area contributed by atoms with Gasteiger partial charge in [-0.1, -0.05) is 49.4 Å². The Kier molecular flexibility index (Phi) is 9.73. The van der Waals surface area contributed by atoms with Crippen LogP contribution in [0, 0.1) is 5.92 Å². The minimum atomic E-state index is -1.02. The molecule has 2 N–H and O–H groups in total. The monoisotopic (exact) mass is 441 g/mol. The number of para-hydroxylation sites is 1. The first kappa shape index (κ1) is 24.9. The molecule has 2 aromatic rings. The SMILES string of the molecule is CCOC(=O)C(C)CC(Cc1ccc(-c2ccccc2OC)cc1)NC(=O)CCC(=O)O. The fraction of sp³-hybridized carbons (Fsp3) is 0.400. The lowest BCUT2D eigenvalue weighted by atomic mass is 9.94. The summed E-state index contributed by atoms with van der Waals surface area (Å²) in [5.41, 5.74) is 2.98. The minimum absolute atomic E-state index is 0.105.